The van der Waals surface area contributed by atoms with Crippen molar-refractivity contribution in [2.75, 3.05) is 19.0 Å². The molecule has 0 aliphatic carbocycles. The van der Waals surface area contributed by atoms with E-state index in [2.05, 4.69) is 45.5 Å². The summed E-state index contributed by atoms with van der Waals surface area (Å²) < 4.78 is 7.40. The third-order valence-electron chi connectivity index (χ3n) is 5.05. The van der Waals surface area contributed by atoms with Crippen molar-refractivity contribution >= 4 is 19.7 Å². The number of pyridine rings is 1. The van der Waals surface area contributed by atoms with E-state index in [1.54, 1.807) is 10.9 Å². The van der Waals surface area contributed by atoms with Crippen LogP contribution in [0.5, 0.6) is 0 Å². The van der Waals surface area contributed by atoms with Crippen LogP contribution < -0.4 is 5.32 Å². The number of nitrogens with zero attached hydrogens (tertiary/aromatic N) is 5. The molecule has 10 heteroatoms. The van der Waals surface area contributed by atoms with E-state index in [9.17, 15) is 9.90 Å². The number of carboxylic acids is 1. The summed E-state index contributed by atoms with van der Waals surface area (Å²) in [6.45, 7) is 9.73. The minimum atomic E-state index is -1.19. The predicted octanol–water partition coefficient (Wildman–Crippen LogP) is 3.25. The van der Waals surface area contributed by atoms with Gasteiger partial charge in [-0.25, -0.2) is 4.68 Å². The van der Waals surface area contributed by atoms with Crippen molar-refractivity contribution in [3.05, 3.63) is 29.8 Å². The van der Waals surface area contributed by atoms with E-state index in [-0.39, 0.29) is 6.73 Å². The fourth-order valence-corrected chi connectivity index (χ4v) is 3.99. The molecule has 2 atom stereocenters. The first-order valence-electron chi connectivity index (χ1n) is 10.4. The first-order valence-corrected chi connectivity index (χ1v) is 14.1. The number of aliphatic carboxylic acids is 1. The summed E-state index contributed by atoms with van der Waals surface area (Å²) in [5.74, 6) is -1.32. The number of aromatic nitrogens is 5. The van der Waals surface area contributed by atoms with Gasteiger partial charge >= 0.3 is 5.97 Å². The first kappa shape index (κ1) is 23.9. The Kier molecular flexibility index (Phi) is 8.91. The highest BCUT2D eigenvalue weighted by molar-refractivity contribution is 6.76. The molecule has 2 aromatic heterocycles. The minimum Gasteiger partial charge on any atom is -0.481 e. The Morgan fingerprint density at radius 1 is 1.33 bits per heavy atom. The zero-order chi connectivity index (χ0) is 22.1. The minimum absolute atomic E-state index is 0.216. The number of ether oxygens (including phenoxy) is 1. The maximum absolute atomic E-state index is 12.1. The van der Waals surface area contributed by atoms with Crippen molar-refractivity contribution in [3.63, 3.8) is 0 Å². The van der Waals surface area contributed by atoms with Gasteiger partial charge in [0.25, 0.3) is 0 Å². The van der Waals surface area contributed by atoms with Crippen molar-refractivity contribution in [2.24, 2.45) is 5.92 Å². The SMILES string of the molecule is CCC[C@H](C(=O)O)[C@H](Cc1ccc(NC)cn1)c1nnnn1COCC[Si](C)(C)C. The van der Waals surface area contributed by atoms with Gasteiger partial charge in [0.1, 0.15) is 6.73 Å². The molecule has 0 unspecified atom stereocenters. The number of tetrazole rings is 1. The van der Waals surface area contributed by atoms with Gasteiger partial charge in [0.15, 0.2) is 5.82 Å². The molecule has 0 saturated heterocycles. The first-order chi connectivity index (χ1) is 14.2. The zero-order valence-corrected chi connectivity index (χ0v) is 19.6. The number of carbonyl (C=O) groups is 1. The molecule has 0 fully saturated rings. The van der Waals surface area contributed by atoms with E-state index in [1.807, 2.05) is 26.1 Å². The van der Waals surface area contributed by atoms with Crippen molar-refractivity contribution in [1.82, 2.24) is 25.2 Å². The van der Waals surface area contributed by atoms with Crippen molar-refractivity contribution in [1.29, 1.82) is 0 Å². The van der Waals surface area contributed by atoms with Gasteiger partial charge in [0.2, 0.25) is 0 Å². The van der Waals surface area contributed by atoms with Crippen LogP contribution in [0.15, 0.2) is 18.3 Å². The summed E-state index contributed by atoms with van der Waals surface area (Å²) in [4.78, 5) is 16.5. The molecule has 0 aromatic carbocycles. The van der Waals surface area contributed by atoms with E-state index >= 15 is 0 Å². The molecule has 0 saturated carbocycles. The average Bonchev–Trinajstić information content (AvgIpc) is 3.16. The van der Waals surface area contributed by atoms with E-state index in [0.29, 0.717) is 25.3 Å². The lowest BCUT2D eigenvalue weighted by Crippen LogP contribution is -2.28. The number of hydrogen-bond donors (Lipinski definition) is 2. The molecular formula is C20H34N6O3Si. The summed E-state index contributed by atoms with van der Waals surface area (Å²) in [6.07, 6.45) is 3.48. The van der Waals surface area contributed by atoms with Gasteiger partial charge in [-0.05, 0) is 35.0 Å². The maximum atomic E-state index is 12.1. The molecule has 0 radical (unpaired) electrons. The number of hydrogen-bond acceptors (Lipinski definition) is 7. The summed E-state index contributed by atoms with van der Waals surface area (Å²) in [5, 5.41) is 25.0. The smallest absolute Gasteiger partial charge is 0.307 e. The van der Waals surface area contributed by atoms with Gasteiger partial charge in [-0.3, -0.25) is 9.78 Å². The van der Waals surface area contributed by atoms with Crippen molar-refractivity contribution in [3.8, 4) is 0 Å². The molecule has 0 aliphatic rings. The van der Waals surface area contributed by atoms with Gasteiger partial charge < -0.3 is 15.2 Å². The standard InChI is InChI=1S/C20H34N6O3Si/c1-6-7-17(20(27)28)18(12-15-8-9-16(21-2)13-22-15)19-23-24-25-26(19)14-29-10-11-30(3,4)5/h8-9,13,17-18,21H,6-7,10-12,14H2,1-5H3,(H,27,28)/t17-,18-/m0/s1. The molecule has 2 rings (SSSR count). The fourth-order valence-electron chi connectivity index (χ4n) is 3.24. The Morgan fingerprint density at radius 3 is 2.67 bits per heavy atom. The summed E-state index contributed by atoms with van der Waals surface area (Å²) in [6, 6.07) is 4.88. The highest BCUT2D eigenvalue weighted by Gasteiger charge is 2.33. The third kappa shape index (κ3) is 7.17. The van der Waals surface area contributed by atoms with Gasteiger partial charge in [-0.1, -0.05) is 33.0 Å². The fraction of sp³-hybridized carbons (Fsp3) is 0.650. The highest BCUT2D eigenvalue weighted by Crippen LogP contribution is 2.30. The topological polar surface area (TPSA) is 115 Å². The molecule has 0 amide bonds. The molecule has 0 bridgehead atoms. The molecule has 2 aromatic rings. The Balaban J connectivity index is 2.23. The predicted molar refractivity (Wildman–Crippen MR) is 118 cm³/mol. The summed E-state index contributed by atoms with van der Waals surface area (Å²) in [5.41, 5.74) is 1.70. The molecule has 2 heterocycles. The monoisotopic (exact) mass is 434 g/mol. The van der Waals surface area contributed by atoms with Gasteiger partial charge in [-0.15, -0.1) is 5.10 Å². The van der Waals surface area contributed by atoms with Crippen LogP contribution in [0.2, 0.25) is 25.7 Å². The van der Waals surface area contributed by atoms with Crippen LogP contribution in [0.3, 0.4) is 0 Å². The molecule has 9 nitrogen and oxygen atoms in total. The van der Waals surface area contributed by atoms with Crippen LogP contribution in [0, 0.1) is 5.92 Å². The molecule has 0 spiro atoms. The zero-order valence-electron chi connectivity index (χ0n) is 18.6. The molecule has 30 heavy (non-hydrogen) atoms. The lowest BCUT2D eigenvalue weighted by atomic mass is 9.84. The second-order valence-electron chi connectivity index (χ2n) is 8.72. The van der Waals surface area contributed by atoms with Crippen molar-refractivity contribution < 1.29 is 14.6 Å². The molecule has 166 valence electrons. The van der Waals surface area contributed by atoms with Gasteiger partial charge in [-0.2, -0.15) is 0 Å². The molecule has 2 N–H and O–H groups in total. The second kappa shape index (κ2) is 11.2. The lowest BCUT2D eigenvalue weighted by molar-refractivity contribution is -0.143. The normalized spacial score (nSPS) is 13.8. The van der Waals surface area contributed by atoms with Gasteiger partial charge in [0, 0.05) is 39.8 Å². The van der Waals surface area contributed by atoms with E-state index in [4.69, 9.17) is 4.74 Å². The lowest BCUT2D eigenvalue weighted by Gasteiger charge is -2.23. The Labute approximate surface area is 179 Å². The van der Waals surface area contributed by atoms with Crippen LogP contribution in [0.1, 0.15) is 37.2 Å². The van der Waals surface area contributed by atoms with Crippen LogP contribution in [0.4, 0.5) is 5.69 Å². The van der Waals surface area contributed by atoms with Crippen LogP contribution in [-0.4, -0.2) is 58.0 Å². The highest BCUT2D eigenvalue weighted by atomic mass is 28.3. The molecular weight excluding hydrogens is 400 g/mol. The van der Waals surface area contributed by atoms with E-state index in [1.165, 1.54) is 0 Å². The Hall–Kier alpha value is -2.33. The Morgan fingerprint density at radius 2 is 2.10 bits per heavy atom. The molecule has 0 aliphatic heterocycles. The van der Waals surface area contributed by atoms with Gasteiger partial charge in [0.05, 0.1) is 17.8 Å². The Bertz CT molecular complexity index is 791. The summed E-state index contributed by atoms with van der Waals surface area (Å²) in [7, 11) is 0.637. The van der Waals surface area contributed by atoms with Crippen LogP contribution in [-0.2, 0) is 22.7 Å². The van der Waals surface area contributed by atoms with Crippen molar-refractivity contribution in [2.45, 2.75) is 64.5 Å². The third-order valence-corrected chi connectivity index (χ3v) is 6.75. The van der Waals surface area contributed by atoms with E-state index < -0.39 is 25.9 Å². The number of anilines is 1. The number of rotatable bonds is 13. The maximum Gasteiger partial charge on any atom is 0.307 e. The second-order valence-corrected chi connectivity index (χ2v) is 14.3. The quantitative estimate of drug-likeness (QED) is 0.365. The average molecular weight is 435 g/mol. The van der Waals surface area contributed by atoms with Crippen LogP contribution in [0.25, 0.3) is 0 Å². The van der Waals surface area contributed by atoms with Crippen LogP contribution >= 0.6 is 0 Å². The summed E-state index contributed by atoms with van der Waals surface area (Å²) >= 11 is 0. The number of nitrogens with one attached hydrogen (secondary N) is 1. The largest absolute Gasteiger partial charge is 0.481 e. The van der Waals surface area contributed by atoms with E-state index in [0.717, 1.165) is 23.8 Å². The number of carboxylic acid groups (broad SMARTS) is 1.